The maximum Gasteiger partial charge on any atom is 0.391 e. The van der Waals surface area contributed by atoms with E-state index in [0.717, 1.165) is 17.7 Å². The van der Waals surface area contributed by atoms with Gasteiger partial charge in [-0.15, -0.1) is 0 Å². The summed E-state index contributed by atoms with van der Waals surface area (Å²) in [4.78, 5) is 24.6. The number of alkyl halides is 3. The summed E-state index contributed by atoms with van der Waals surface area (Å²) in [5, 5.41) is 2.11. The largest absolute Gasteiger partial charge is 0.391 e. The molecule has 5 nitrogen and oxygen atoms in total. The van der Waals surface area contributed by atoms with Crippen LogP contribution in [0.5, 0.6) is 0 Å². The molecule has 2 heterocycles. The van der Waals surface area contributed by atoms with Crippen molar-refractivity contribution in [2.24, 2.45) is 5.92 Å². The lowest BCUT2D eigenvalue weighted by Gasteiger charge is -2.32. The van der Waals surface area contributed by atoms with Crippen molar-refractivity contribution in [2.45, 2.75) is 44.4 Å². The summed E-state index contributed by atoms with van der Waals surface area (Å²) >= 11 is 0. The van der Waals surface area contributed by atoms with Crippen LogP contribution in [0.25, 0.3) is 0 Å². The normalized spacial score (nSPS) is 29.5. The number of hydrogen-bond acceptors (Lipinski definition) is 3. The van der Waals surface area contributed by atoms with E-state index in [0.29, 0.717) is 13.2 Å². The molecule has 0 aromatic heterocycles. The van der Waals surface area contributed by atoms with Gasteiger partial charge in [0.1, 0.15) is 6.04 Å². The molecule has 0 aromatic rings. The summed E-state index contributed by atoms with van der Waals surface area (Å²) in [6.07, 6.45) is -4.20. The maximum absolute atomic E-state index is 12.3. The van der Waals surface area contributed by atoms with E-state index in [1.54, 1.807) is 6.92 Å². The van der Waals surface area contributed by atoms with Gasteiger partial charge in [-0.1, -0.05) is 0 Å². The third-order valence-electron chi connectivity index (χ3n) is 3.77. The van der Waals surface area contributed by atoms with Crippen LogP contribution < -0.4 is 5.32 Å². The number of imide groups is 1. The van der Waals surface area contributed by atoms with Crippen molar-refractivity contribution in [2.75, 3.05) is 13.2 Å². The van der Waals surface area contributed by atoms with E-state index in [1.165, 1.54) is 0 Å². The first-order valence-electron chi connectivity index (χ1n) is 6.57. The first-order chi connectivity index (χ1) is 9.29. The van der Waals surface area contributed by atoms with Crippen LogP contribution in [0, 0.1) is 5.92 Å². The Bertz CT molecular complexity index is 394. The molecule has 3 amide bonds. The van der Waals surface area contributed by atoms with Gasteiger partial charge in [-0.2, -0.15) is 13.2 Å². The van der Waals surface area contributed by atoms with E-state index in [1.807, 2.05) is 0 Å². The van der Waals surface area contributed by atoms with Gasteiger partial charge in [0.25, 0.3) is 5.91 Å². The van der Waals surface area contributed by atoms with Crippen molar-refractivity contribution in [3.63, 3.8) is 0 Å². The molecule has 3 unspecified atom stereocenters. The van der Waals surface area contributed by atoms with Gasteiger partial charge in [0.2, 0.25) is 0 Å². The topological polar surface area (TPSA) is 58.6 Å². The lowest BCUT2D eigenvalue weighted by Crippen LogP contribution is -2.45. The fraction of sp³-hybridized carbons (Fsp3) is 0.833. The summed E-state index contributed by atoms with van der Waals surface area (Å²) in [5.74, 6) is -0.825. The lowest BCUT2D eigenvalue weighted by molar-refractivity contribution is -0.150. The average molecular weight is 294 g/mol. The van der Waals surface area contributed by atoms with Gasteiger partial charge < -0.3 is 10.1 Å². The van der Waals surface area contributed by atoms with Gasteiger partial charge in [0.15, 0.2) is 0 Å². The Morgan fingerprint density at radius 1 is 1.45 bits per heavy atom. The van der Waals surface area contributed by atoms with Gasteiger partial charge in [-0.25, -0.2) is 4.79 Å². The molecule has 0 saturated carbocycles. The number of carbonyl (C=O) groups is 2. The molecule has 2 saturated heterocycles. The highest BCUT2D eigenvalue weighted by molar-refractivity contribution is 6.04. The Balaban J connectivity index is 2.04. The van der Waals surface area contributed by atoms with E-state index < -0.39 is 36.6 Å². The van der Waals surface area contributed by atoms with Crippen LogP contribution >= 0.6 is 0 Å². The number of halogens is 3. The third kappa shape index (κ3) is 3.23. The molecule has 0 aliphatic carbocycles. The minimum absolute atomic E-state index is 0.0249. The quantitative estimate of drug-likeness (QED) is 0.806. The third-order valence-corrected chi connectivity index (χ3v) is 3.77. The van der Waals surface area contributed by atoms with Crippen molar-refractivity contribution in [3.8, 4) is 0 Å². The molecule has 2 aliphatic rings. The minimum atomic E-state index is -4.49. The zero-order valence-electron chi connectivity index (χ0n) is 11.1. The second kappa shape index (κ2) is 5.59. The molecule has 114 valence electrons. The zero-order chi connectivity index (χ0) is 14.9. The Morgan fingerprint density at radius 2 is 2.15 bits per heavy atom. The van der Waals surface area contributed by atoms with Crippen LogP contribution in [0.1, 0.15) is 26.2 Å². The molecule has 2 aliphatic heterocycles. The molecule has 0 spiro atoms. The molecule has 8 heteroatoms. The Labute approximate surface area is 114 Å². The molecular weight excluding hydrogens is 277 g/mol. The van der Waals surface area contributed by atoms with E-state index in [4.69, 9.17) is 4.74 Å². The van der Waals surface area contributed by atoms with Crippen LogP contribution in [-0.2, 0) is 9.53 Å². The number of carbonyl (C=O) groups excluding carboxylic acids is 2. The minimum Gasteiger partial charge on any atom is -0.381 e. The van der Waals surface area contributed by atoms with E-state index in [-0.39, 0.29) is 5.92 Å². The molecule has 20 heavy (non-hydrogen) atoms. The van der Waals surface area contributed by atoms with Gasteiger partial charge >= 0.3 is 12.2 Å². The highest BCUT2D eigenvalue weighted by atomic mass is 19.4. The number of rotatable bonds is 3. The predicted octanol–water partition coefficient (Wildman–Crippen LogP) is 1.67. The van der Waals surface area contributed by atoms with Crippen molar-refractivity contribution in [1.29, 1.82) is 0 Å². The first-order valence-corrected chi connectivity index (χ1v) is 6.57. The zero-order valence-corrected chi connectivity index (χ0v) is 11.1. The average Bonchev–Trinajstić information content (AvgIpc) is 2.63. The fourth-order valence-electron chi connectivity index (χ4n) is 2.66. The Morgan fingerprint density at radius 3 is 2.70 bits per heavy atom. The molecular formula is C12H17F3N2O3. The van der Waals surface area contributed by atoms with Gasteiger partial charge in [0, 0.05) is 18.6 Å². The number of hydrogen-bond donors (Lipinski definition) is 1. The predicted molar refractivity (Wildman–Crippen MR) is 62.8 cm³/mol. The lowest BCUT2D eigenvalue weighted by atomic mass is 9.94. The molecule has 0 radical (unpaired) electrons. The highest BCUT2D eigenvalue weighted by Crippen LogP contribution is 2.28. The van der Waals surface area contributed by atoms with Crippen LogP contribution in [0.4, 0.5) is 18.0 Å². The molecule has 0 aromatic carbocycles. The van der Waals surface area contributed by atoms with Crippen molar-refractivity contribution in [1.82, 2.24) is 10.2 Å². The number of nitrogens with one attached hydrogen (secondary N) is 1. The van der Waals surface area contributed by atoms with E-state index in [9.17, 15) is 22.8 Å². The molecule has 1 N–H and O–H groups in total. The van der Waals surface area contributed by atoms with E-state index >= 15 is 0 Å². The smallest absolute Gasteiger partial charge is 0.381 e. The number of amides is 3. The van der Waals surface area contributed by atoms with Gasteiger partial charge in [0.05, 0.1) is 13.0 Å². The standard InChI is InChI=1S/C12H17F3N2O3/c1-7(8-3-2-4-20-6-8)17-10(18)9(16-11(17)19)5-12(13,14)15/h7-9H,2-6H2,1H3,(H,16,19). The molecule has 0 bridgehead atoms. The maximum atomic E-state index is 12.3. The summed E-state index contributed by atoms with van der Waals surface area (Å²) in [6.45, 7) is 2.73. The van der Waals surface area contributed by atoms with Crippen molar-refractivity contribution >= 4 is 11.9 Å². The molecule has 2 rings (SSSR count). The van der Waals surface area contributed by atoms with Gasteiger partial charge in [-0.3, -0.25) is 9.69 Å². The summed E-state index contributed by atoms with van der Waals surface area (Å²) < 4.78 is 42.3. The molecule has 3 atom stereocenters. The van der Waals surface area contributed by atoms with Crippen LogP contribution in [0.2, 0.25) is 0 Å². The van der Waals surface area contributed by atoms with Crippen molar-refractivity contribution < 1.29 is 27.5 Å². The Hall–Kier alpha value is -1.31. The summed E-state index contributed by atoms with van der Waals surface area (Å²) in [6, 6.07) is -2.71. The summed E-state index contributed by atoms with van der Waals surface area (Å²) in [7, 11) is 0. The highest BCUT2D eigenvalue weighted by Gasteiger charge is 2.47. The second-order valence-electron chi connectivity index (χ2n) is 5.25. The summed E-state index contributed by atoms with van der Waals surface area (Å²) in [5.41, 5.74) is 0. The SMILES string of the molecule is CC(C1CCCOC1)N1C(=O)NC(CC(F)(F)F)C1=O. The number of nitrogens with zero attached hydrogens (tertiary/aromatic N) is 1. The Kier molecular flexibility index (Phi) is 4.22. The van der Waals surface area contributed by atoms with Crippen LogP contribution in [-0.4, -0.2) is 48.3 Å². The van der Waals surface area contributed by atoms with Crippen molar-refractivity contribution in [3.05, 3.63) is 0 Å². The second-order valence-corrected chi connectivity index (χ2v) is 5.25. The number of urea groups is 1. The van der Waals surface area contributed by atoms with E-state index in [2.05, 4.69) is 5.32 Å². The van der Waals surface area contributed by atoms with Gasteiger partial charge in [-0.05, 0) is 19.8 Å². The van der Waals surface area contributed by atoms with Crippen LogP contribution in [0.3, 0.4) is 0 Å². The fourth-order valence-corrected chi connectivity index (χ4v) is 2.66. The first kappa shape index (κ1) is 15.1. The number of ether oxygens (including phenoxy) is 1. The molecule has 2 fully saturated rings. The van der Waals surface area contributed by atoms with Crippen LogP contribution in [0.15, 0.2) is 0 Å². The monoisotopic (exact) mass is 294 g/mol.